The van der Waals surface area contributed by atoms with Crippen LogP contribution >= 0.6 is 0 Å². The maximum absolute atomic E-state index is 5.65. The highest BCUT2D eigenvalue weighted by Crippen LogP contribution is 2.18. The Morgan fingerprint density at radius 1 is 1.20 bits per heavy atom. The summed E-state index contributed by atoms with van der Waals surface area (Å²) in [5, 5.41) is 0. The summed E-state index contributed by atoms with van der Waals surface area (Å²) in [5.74, 6) is 1.33. The van der Waals surface area contributed by atoms with Crippen molar-refractivity contribution >= 4 is 5.95 Å². The summed E-state index contributed by atoms with van der Waals surface area (Å²) < 4.78 is 0. The van der Waals surface area contributed by atoms with Gasteiger partial charge in [0.1, 0.15) is 0 Å². The van der Waals surface area contributed by atoms with Crippen molar-refractivity contribution in [1.29, 1.82) is 0 Å². The van der Waals surface area contributed by atoms with Crippen molar-refractivity contribution in [2.75, 3.05) is 44.2 Å². The Bertz CT molecular complexity index is 432. The number of rotatable bonds is 4. The second-order valence-electron chi connectivity index (χ2n) is 5.86. The summed E-state index contributed by atoms with van der Waals surface area (Å²) in [6.45, 7) is 12.3. The molecule has 0 saturated carbocycles. The Morgan fingerprint density at radius 2 is 2.00 bits per heavy atom. The Morgan fingerprint density at radius 3 is 2.70 bits per heavy atom. The van der Waals surface area contributed by atoms with Crippen LogP contribution in [0.5, 0.6) is 0 Å². The Hall–Kier alpha value is -1.20. The Labute approximate surface area is 122 Å². The van der Waals surface area contributed by atoms with Crippen LogP contribution in [-0.2, 0) is 0 Å². The molecule has 1 aliphatic rings. The molecular formula is C15H27N5. The quantitative estimate of drug-likeness (QED) is 0.901. The van der Waals surface area contributed by atoms with Crippen molar-refractivity contribution in [2.45, 2.75) is 33.1 Å². The molecule has 0 unspecified atom stereocenters. The lowest BCUT2D eigenvalue weighted by molar-refractivity contribution is 0.302. The Balaban J connectivity index is 2.11. The zero-order valence-corrected chi connectivity index (χ0v) is 13.0. The normalized spacial score (nSPS) is 17.6. The highest BCUT2D eigenvalue weighted by Gasteiger charge is 2.17. The predicted molar refractivity (Wildman–Crippen MR) is 83.2 cm³/mol. The average Bonchev–Trinajstić information content (AvgIpc) is 2.64. The maximum Gasteiger partial charge on any atom is 0.225 e. The molecule has 2 rings (SSSR count). The summed E-state index contributed by atoms with van der Waals surface area (Å²) in [7, 11) is 0. The summed E-state index contributed by atoms with van der Waals surface area (Å²) >= 11 is 0. The van der Waals surface area contributed by atoms with Crippen molar-refractivity contribution in [3.8, 4) is 0 Å². The van der Waals surface area contributed by atoms with Gasteiger partial charge in [-0.25, -0.2) is 9.97 Å². The van der Waals surface area contributed by atoms with E-state index in [4.69, 9.17) is 10.7 Å². The highest BCUT2D eigenvalue weighted by molar-refractivity contribution is 5.33. The van der Waals surface area contributed by atoms with Gasteiger partial charge in [-0.1, -0.05) is 13.8 Å². The number of aryl methyl sites for hydroxylation is 1. The number of nitrogens with two attached hydrogens (primary N) is 1. The van der Waals surface area contributed by atoms with Gasteiger partial charge in [0.2, 0.25) is 5.95 Å². The molecule has 5 heteroatoms. The second kappa shape index (κ2) is 6.99. The van der Waals surface area contributed by atoms with Crippen LogP contribution in [-0.4, -0.2) is 54.1 Å². The molecule has 1 aliphatic heterocycles. The molecule has 112 valence electrons. The average molecular weight is 277 g/mol. The number of hydrogen-bond donors (Lipinski definition) is 1. The molecule has 0 aromatic carbocycles. The first-order valence-corrected chi connectivity index (χ1v) is 7.63. The fraction of sp³-hybridized carbons (Fsp3) is 0.733. The van der Waals surface area contributed by atoms with Crippen LogP contribution in [0, 0.1) is 6.92 Å². The molecule has 0 spiro atoms. The van der Waals surface area contributed by atoms with Gasteiger partial charge in [0.05, 0.1) is 0 Å². The van der Waals surface area contributed by atoms with Gasteiger partial charge in [0, 0.05) is 44.1 Å². The highest BCUT2D eigenvalue weighted by atomic mass is 15.3. The van der Waals surface area contributed by atoms with Gasteiger partial charge in [0.15, 0.2) is 0 Å². The third-order valence-electron chi connectivity index (χ3n) is 3.77. The van der Waals surface area contributed by atoms with Gasteiger partial charge < -0.3 is 15.5 Å². The van der Waals surface area contributed by atoms with E-state index in [2.05, 4.69) is 41.6 Å². The minimum absolute atomic E-state index is 0.441. The summed E-state index contributed by atoms with van der Waals surface area (Å²) in [4.78, 5) is 14.1. The van der Waals surface area contributed by atoms with Crippen LogP contribution in [0.3, 0.4) is 0 Å². The van der Waals surface area contributed by atoms with E-state index in [-0.39, 0.29) is 0 Å². The first-order valence-electron chi connectivity index (χ1n) is 7.63. The molecule has 2 N–H and O–H groups in total. The van der Waals surface area contributed by atoms with E-state index in [1.54, 1.807) is 0 Å². The molecule has 0 atom stereocenters. The van der Waals surface area contributed by atoms with Gasteiger partial charge in [-0.05, 0) is 31.9 Å². The van der Waals surface area contributed by atoms with Gasteiger partial charge in [0.25, 0.3) is 0 Å². The van der Waals surface area contributed by atoms with Crippen LogP contribution in [0.1, 0.15) is 37.6 Å². The van der Waals surface area contributed by atoms with E-state index in [0.29, 0.717) is 5.92 Å². The third-order valence-corrected chi connectivity index (χ3v) is 3.77. The molecule has 5 nitrogen and oxygen atoms in total. The number of hydrogen-bond acceptors (Lipinski definition) is 5. The molecule has 0 radical (unpaired) electrons. The number of aromatic nitrogens is 2. The lowest BCUT2D eigenvalue weighted by atomic mass is 10.1. The molecule has 0 bridgehead atoms. The molecule has 0 amide bonds. The fourth-order valence-electron chi connectivity index (χ4n) is 2.59. The second-order valence-corrected chi connectivity index (χ2v) is 5.86. The number of nitrogens with zero attached hydrogens (tertiary/aromatic N) is 4. The molecule has 1 aromatic rings. The zero-order valence-electron chi connectivity index (χ0n) is 13.0. The largest absolute Gasteiger partial charge is 0.339 e. The molecule has 1 saturated heterocycles. The van der Waals surface area contributed by atoms with Crippen LogP contribution in [0.2, 0.25) is 0 Å². The van der Waals surface area contributed by atoms with E-state index in [0.717, 1.165) is 63.0 Å². The smallest absolute Gasteiger partial charge is 0.225 e. The van der Waals surface area contributed by atoms with Crippen molar-refractivity contribution in [3.05, 3.63) is 17.5 Å². The summed E-state index contributed by atoms with van der Waals surface area (Å²) in [5.41, 5.74) is 7.84. The van der Waals surface area contributed by atoms with E-state index in [1.165, 1.54) is 0 Å². The van der Waals surface area contributed by atoms with Crippen LogP contribution in [0.25, 0.3) is 0 Å². The third kappa shape index (κ3) is 3.90. The van der Waals surface area contributed by atoms with Crippen LogP contribution < -0.4 is 10.6 Å². The molecule has 0 aliphatic carbocycles. The molecular weight excluding hydrogens is 250 g/mol. The topological polar surface area (TPSA) is 58.3 Å². The summed E-state index contributed by atoms with van der Waals surface area (Å²) in [6, 6.07) is 2.09. The molecule has 2 heterocycles. The van der Waals surface area contributed by atoms with Crippen LogP contribution in [0.4, 0.5) is 5.95 Å². The minimum Gasteiger partial charge on any atom is -0.339 e. The number of anilines is 1. The van der Waals surface area contributed by atoms with Crippen molar-refractivity contribution in [1.82, 2.24) is 14.9 Å². The van der Waals surface area contributed by atoms with Crippen molar-refractivity contribution in [3.63, 3.8) is 0 Å². The minimum atomic E-state index is 0.441. The zero-order chi connectivity index (χ0) is 14.5. The first-order chi connectivity index (χ1) is 9.60. The Kier molecular flexibility index (Phi) is 5.31. The van der Waals surface area contributed by atoms with Crippen LogP contribution in [0.15, 0.2) is 6.07 Å². The standard InChI is InChI=1S/C15H27N5/c1-12(2)14-11-13(3)17-15(18-14)20-7-4-6-19(8-5-16)9-10-20/h11-12H,4-10,16H2,1-3H3. The van der Waals surface area contributed by atoms with Crippen molar-refractivity contribution in [2.24, 2.45) is 5.73 Å². The summed E-state index contributed by atoms with van der Waals surface area (Å²) in [6.07, 6.45) is 1.15. The lowest BCUT2D eigenvalue weighted by Gasteiger charge is -2.22. The monoisotopic (exact) mass is 277 g/mol. The van der Waals surface area contributed by atoms with E-state index in [9.17, 15) is 0 Å². The van der Waals surface area contributed by atoms with Gasteiger partial charge in [-0.15, -0.1) is 0 Å². The van der Waals surface area contributed by atoms with Crippen molar-refractivity contribution < 1.29 is 0 Å². The first kappa shape index (κ1) is 15.2. The molecule has 20 heavy (non-hydrogen) atoms. The maximum atomic E-state index is 5.65. The molecule has 1 fully saturated rings. The van der Waals surface area contributed by atoms with Gasteiger partial charge in [-0.3, -0.25) is 0 Å². The van der Waals surface area contributed by atoms with E-state index < -0.39 is 0 Å². The van der Waals surface area contributed by atoms with E-state index in [1.807, 2.05) is 0 Å². The SMILES string of the molecule is Cc1cc(C(C)C)nc(N2CCCN(CCN)CC2)n1. The van der Waals surface area contributed by atoms with Gasteiger partial charge >= 0.3 is 0 Å². The lowest BCUT2D eigenvalue weighted by Crippen LogP contribution is -2.34. The van der Waals surface area contributed by atoms with E-state index >= 15 is 0 Å². The molecule has 1 aromatic heterocycles. The van der Waals surface area contributed by atoms with Gasteiger partial charge in [-0.2, -0.15) is 0 Å². The predicted octanol–water partition coefficient (Wildman–Crippen LogP) is 1.38. The fourth-order valence-corrected chi connectivity index (χ4v) is 2.59.